The zero-order valence-electron chi connectivity index (χ0n) is 14.9. The van der Waals surface area contributed by atoms with Gasteiger partial charge in [0.2, 0.25) is 17.1 Å². The van der Waals surface area contributed by atoms with Crippen molar-refractivity contribution in [2.24, 2.45) is 5.73 Å². The molecule has 2 aliphatic rings. The molecule has 4 rings (SSSR count). The van der Waals surface area contributed by atoms with Crippen LogP contribution in [0.4, 0.5) is 5.69 Å². The molecule has 3 heterocycles. The number of hydrogen-bond acceptors (Lipinski definition) is 8. The van der Waals surface area contributed by atoms with Crippen LogP contribution in [-0.4, -0.2) is 24.2 Å². The van der Waals surface area contributed by atoms with Crippen molar-refractivity contribution in [2.75, 3.05) is 18.5 Å². The molecule has 1 aromatic carbocycles. The molecule has 0 aliphatic carbocycles. The lowest BCUT2D eigenvalue weighted by molar-refractivity contribution is -0.139. The predicted molar refractivity (Wildman–Crippen MR) is 103 cm³/mol. The maximum absolute atomic E-state index is 12.9. The number of aliphatic hydroxyl groups excluding tert-OH is 1. The molecule has 0 bridgehead atoms. The van der Waals surface area contributed by atoms with E-state index >= 15 is 0 Å². The van der Waals surface area contributed by atoms with Crippen molar-refractivity contribution in [3.8, 4) is 5.75 Å². The summed E-state index contributed by atoms with van der Waals surface area (Å²) in [4.78, 5) is 25.5. The molecule has 146 valence electrons. The highest BCUT2D eigenvalue weighted by Crippen LogP contribution is 2.52. The predicted octanol–water partition coefficient (Wildman–Crippen LogP) is 1.73. The molecule has 2 aliphatic heterocycles. The Labute approximate surface area is 168 Å². The average molecular weight is 449 g/mol. The van der Waals surface area contributed by atoms with Crippen molar-refractivity contribution in [1.29, 1.82) is 0 Å². The van der Waals surface area contributed by atoms with Crippen LogP contribution in [-0.2, 0) is 21.6 Å². The largest absolute Gasteiger partial charge is 0.462 e. The van der Waals surface area contributed by atoms with Crippen LogP contribution in [0, 0.1) is 0 Å². The molecular formula is C19H17BrN2O6. The van der Waals surface area contributed by atoms with Gasteiger partial charge in [-0.3, -0.25) is 4.79 Å². The van der Waals surface area contributed by atoms with Gasteiger partial charge in [-0.05, 0) is 30.7 Å². The van der Waals surface area contributed by atoms with Gasteiger partial charge in [-0.2, -0.15) is 0 Å². The molecule has 1 atom stereocenters. The number of benzene rings is 1. The van der Waals surface area contributed by atoms with Crippen LogP contribution in [0.25, 0.3) is 0 Å². The van der Waals surface area contributed by atoms with Crippen LogP contribution in [0.5, 0.6) is 5.75 Å². The summed E-state index contributed by atoms with van der Waals surface area (Å²) in [7, 11) is 0. The Morgan fingerprint density at radius 1 is 1.43 bits per heavy atom. The quantitative estimate of drug-likeness (QED) is 0.606. The van der Waals surface area contributed by atoms with Gasteiger partial charge in [0, 0.05) is 22.8 Å². The number of aliphatic hydroxyl groups is 1. The van der Waals surface area contributed by atoms with E-state index in [9.17, 15) is 14.7 Å². The third-order valence-corrected chi connectivity index (χ3v) is 5.34. The van der Waals surface area contributed by atoms with Crippen molar-refractivity contribution in [3.05, 3.63) is 67.5 Å². The summed E-state index contributed by atoms with van der Waals surface area (Å²) in [6.07, 6.45) is 0. The molecule has 1 aromatic heterocycles. The summed E-state index contributed by atoms with van der Waals surface area (Å²) >= 11 is 3.45. The van der Waals surface area contributed by atoms with Gasteiger partial charge in [-0.15, -0.1) is 0 Å². The first kappa shape index (κ1) is 18.6. The van der Waals surface area contributed by atoms with Crippen molar-refractivity contribution in [1.82, 2.24) is 0 Å². The molecule has 0 saturated carbocycles. The number of nitrogens with one attached hydrogen (secondary N) is 1. The number of nitrogens with two attached hydrogens (primary N) is 1. The molecule has 0 amide bonds. The molecule has 1 unspecified atom stereocenters. The second-order valence-electron chi connectivity index (χ2n) is 6.40. The highest BCUT2D eigenvalue weighted by atomic mass is 79.9. The van der Waals surface area contributed by atoms with Crippen LogP contribution in [0.3, 0.4) is 0 Å². The van der Waals surface area contributed by atoms with Gasteiger partial charge in [0.05, 0.1) is 6.61 Å². The van der Waals surface area contributed by atoms with Gasteiger partial charge in [-0.1, -0.05) is 15.9 Å². The van der Waals surface area contributed by atoms with Gasteiger partial charge in [0.25, 0.3) is 0 Å². The van der Waals surface area contributed by atoms with Crippen molar-refractivity contribution in [2.45, 2.75) is 18.9 Å². The Kier molecular flexibility index (Phi) is 4.43. The van der Waals surface area contributed by atoms with Crippen molar-refractivity contribution in [3.63, 3.8) is 0 Å². The van der Waals surface area contributed by atoms with Crippen molar-refractivity contribution < 1.29 is 23.8 Å². The smallest absolute Gasteiger partial charge is 0.340 e. The van der Waals surface area contributed by atoms with E-state index in [2.05, 4.69) is 21.2 Å². The third-order valence-electron chi connectivity index (χ3n) is 4.85. The summed E-state index contributed by atoms with van der Waals surface area (Å²) in [5.41, 5.74) is 5.83. The molecule has 8 nitrogen and oxygen atoms in total. The van der Waals surface area contributed by atoms with Gasteiger partial charge in [0.15, 0.2) is 5.76 Å². The minimum Gasteiger partial charge on any atom is -0.462 e. The first-order chi connectivity index (χ1) is 13.4. The Bertz CT molecular complexity index is 1080. The fourth-order valence-corrected chi connectivity index (χ4v) is 4.08. The monoisotopic (exact) mass is 448 g/mol. The fraction of sp³-hybridized carbons (Fsp3) is 0.263. The maximum Gasteiger partial charge on any atom is 0.340 e. The highest BCUT2D eigenvalue weighted by Gasteiger charge is 2.55. The number of anilines is 1. The molecule has 4 N–H and O–H groups in total. The molecule has 9 heteroatoms. The minimum absolute atomic E-state index is 0.0458. The van der Waals surface area contributed by atoms with E-state index in [1.807, 2.05) is 18.2 Å². The number of esters is 1. The molecular weight excluding hydrogens is 432 g/mol. The molecule has 0 saturated heterocycles. The summed E-state index contributed by atoms with van der Waals surface area (Å²) in [6, 6.07) is 6.65. The summed E-state index contributed by atoms with van der Waals surface area (Å²) in [5, 5.41) is 12.8. The molecule has 1 spiro atoms. The number of halogens is 1. The topological polar surface area (TPSA) is 124 Å². The van der Waals surface area contributed by atoms with E-state index in [1.54, 1.807) is 6.92 Å². The average Bonchev–Trinajstić information content (AvgIpc) is 3.02. The number of fused-ring (bicyclic) bond motifs is 4. The van der Waals surface area contributed by atoms with E-state index in [4.69, 9.17) is 19.6 Å². The zero-order valence-corrected chi connectivity index (χ0v) is 16.5. The summed E-state index contributed by atoms with van der Waals surface area (Å²) in [6.45, 7) is 1.53. The van der Waals surface area contributed by atoms with Crippen LogP contribution >= 0.6 is 15.9 Å². The van der Waals surface area contributed by atoms with E-state index in [0.717, 1.165) is 16.2 Å². The first-order valence-electron chi connectivity index (χ1n) is 8.59. The normalized spacial score (nSPS) is 19.7. The van der Waals surface area contributed by atoms with Gasteiger partial charge in [0.1, 0.15) is 23.4 Å². The Balaban J connectivity index is 2.09. The molecule has 0 fully saturated rings. The number of ether oxygens (including phenoxy) is 2. The van der Waals surface area contributed by atoms with Crippen molar-refractivity contribution >= 4 is 27.6 Å². The van der Waals surface area contributed by atoms with Gasteiger partial charge < -0.3 is 30.0 Å². The van der Waals surface area contributed by atoms with E-state index in [-0.39, 0.29) is 41.9 Å². The van der Waals surface area contributed by atoms with E-state index in [0.29, 0.717) is 5.56 Å². The standard InChI is InChI=1S/C19H17BrN2O6/c1-2-26-18(25)14-17(21)28-15-13(24)6-10(7-23)27-16(15)19(14)8-22-12-4-3-9(20)5-11(12)19/h3-6,22-23H,2,7-8,21H2,1H3. The van der Waals surface area contributed by atoms with E-state index < -0.39 is 23.4 Å². The second kappa shape index (κ2) is 6.68. The zero-order chi connectivity index (χ0) is 20.1. The highest BCUT2D eigenvalue weighted by molar-refractivity contribution is 9.10. The van der Waals surface area contributed by atoms with Crippen LogP contribution in [0.15, 0.2) is 49.4 Å². The van der Waals surface area contributed by atoms with Gasteiger partial charge in [-0.25, -0.2) is 4.79 Å². The Hall–Kier alpha value is -2.78. The third kappa shape index (κ3) is 2.54. The lowest BCUT2D eigenvalue weighted by atomic mass is 9.72. The van der Waals surface area contributed by atoms with Crippen LogP contribution < -0.4 is 21.2 Å². The minimum atomic E-state index is -1.24. The maximum atomic E-state index is 12.9. The Morgan fingerprint density at radius 3 is 2.93 bits per heavy atom. The first-order valence-corrected chi connectivity index (χ1v) is 9.39. The van der Waals surface area contributed by atoms with Crippen LogP contribution in [0.2, 0.25) is 0 Å². The second-order valence-corrected chi connectivity index (χ2v) is 7.32. The number of rotatable bonds is 3. The molecule has 2 aromatic rings. The number of hydrogen-bond donors (Lipinski definition) is 3. The number of carbonyl (C=O) groups is 1. The lowest BCUT2D eigenvalue weighted by Crippen LogP contribution is -2.44. The lowest BCUT2D eigenvalue weighted by Gasteiger charge is -2.35. The molecule has 0 radical (unpaired) electrons. The SMILES string of the molecule is CCOC(=O)C1=C(N)Oc2c(oc(CO)cc2=O)C12CNc1ccc(Br)cc12. The molecule has 28 heavy (non-hydrogen) atoms. The van der Waals surface area contributed by atoms with Gasteiger partial charge >= 0.3 is 5.97 Å². The summed E-state index contributed by atoms with van der Waals surface area (Å²) < 4.78 is 17.3. The Morgan fingerprint density at radius 2 is 2.21 bits per heavy atom. The number of carbonyl (C=O) groups excluding carboxylic acids is 1. The van der Waals surface area contributed by atoms with E-state index in [1.165, 1.54) is 0 Å². The summed E-state index contributed by atoms with van der Waals surface area (Å²) in [5.74, 6) is -0.844. The van der Waals surface area contributed by atoms with Crippen LogP contribution in [0.1, 0.15) is 24.0 Å². The fourth-order valence-electron chi connectivity index (χ4n) is 3.72.